The molecule has 0 aliphatic carbocycles. The molecule has 2 rings (SSSR count). The van der Waals surface area contributed by atoms with E-state index in [4.69, 9.17) is 14.2 Å². The van der Waals surface area contributed by atoms with Gasteiger partial charge in [-0.15, -0.1) is 0 Å². The number of hydrogen-bond donors (Lipinski definition) is 0. The van der Waals surface area contributed by atoms with E-state index in [1.165, 1.54) is 5.56 Å². The summed E-state index contributed by atoms with van der Waals surface area (Å²) in [5, 5.41) is 0. The van der Waals surface area contributed by atoms with E-state index in [1.807, 2.05) is 12.1 Å². The molecule has 1 aromatic rings. The summed E-state index contributed by atoms with van der Waals surface area (Å²) in [5.41, 5.74) is 1.28. The Morgan fingerprint density at radius 2 is 1.83 bits per heavy atom. The molecule has 0 atom stereocenters. The van der Waals surface area contributed by atoms with Gasteiger partial charge in [0.05, 0.1) is 27.4 Å². The summed E-state index contributed by atoms with van der Waals surface area (Å²) in [6.45, 7) is 13.5. The van der Waals surface area contributed by atoms with Crippen molar-refractivity contribution in [2.45, 2.75) is 32.9 Å². The Hall–Kier alpha value is -1.30. The maximum absolute atomic E-state index is 5.56. The fourth-order valence-corrected chi connectivity index (χ4v) is 2.93. The average molecular weight is 336 g/mol. The molecule has 0 saturated carbocycles. The highest BCUT2D eigenvalue weighted by molar-refractivity contribution is 5.40. The Morgan fingerprint density at radius 3 is 2.42 bits per heavy atom. The molecule has 5 nitrogen and oxygen atoms in total. The second kappa shape index (κ2) is 8.70. The number of ether oxygens (including phenoxy) is 3. The highest BCUT2D eigenvalue weighted by Gasteiger charge is 2.23. The summed E-state index contributed by atoms with van der Waals surface area (Å²) in [5.74, 6) is 1.71. The van der Waals surface area contributed by atoms with Crippen LogP contribution in [0.15, 0.2) is 18.2 Å². The third kappa shape index (κ3) is 5.36. The molecule has 0 aromatic heterocycles. The van der Waals surface area contributed by atoms with Crippen LogP contribution < -0.4 is 9.47 Å². The van der Waals surface area contributed by atoms with Crippen LogP contribution in [0.4, 0.5) is 0 Å². The van der Waals surface area contributed by atoms with Crippen molar-refractivity contribution >= 4 is 0 Å². The standard InChI is InChI=1S/C19H32N2O3/c1-19(2,3)21(9-8-20-10-12-24-13-11-20)15-16-6-7-17(22-4)14-18(16)23-5/h6-7,14H,8-13,15H2,1-5H3. The Kier molecular flexibility index (Phi) is 6.90. The normalized spacial score (nSPS) is 16.4. The van der Waals surface area contributed by atoms with E-state index in [0.717, 1.165) is 57.4 Å². The summed E-state index contributed by atoms with van der Waals surface area (Å²) in [4.78, 5) is 4.99. The van der Waals surface area contributed by atoms with E-state index >= 15 is 0 Å². The first-order valence-electron chi connectivity index (χ1n) is 8.70. The summed E-state index contributed by atoms with van der Waals surface area (Å²) in [6.07, 6.45) is 0. The van der Waals surface area contributed by atoms with Gasteiger partial charge in [-0.05, 0) is 26.8 Å². The van der Waals surface area contributed by atoms with Gasteiger partial charge in [-0.3, -0.25) is 9.80 Å². The first-order chi connectivity index (χ1) is 11.4. The maximum Gasteiger partial charge on any atom is 0.127 e. The van der Waals surface area contributed by atoms with Crippen molar-refractivity contribution in [3.05, 3.63) is 23.8 Å². The Labute approximate surface area is 146 Å². The number of nitrogens with zero attached hydrogens (tertiary/aromatic N) is 2. The number of hydrogen-bond acceptors (Lipinski definition) is 5. The third-order valence-electron chi connectivity index (χ3n) is 4.59. The van der Waals surface area contributed by atoms with Gasteiger partial charge in [0.2, 0.25) is 0 Å². The minimum absolute atomic E-state index is 0.0945. The maximum atomic E-state index is 5.56. The fraction of sp³-hybridized carbons (Fsp3) is 0.684. The molecule has 24 heavy (non-hydrogen) atoms. The summed E-state index contributed by atoms with van der Waals surface area (Å²) >= 11 is 0. The zero-order chi connectivity index (χ0) is 17.6. The number of rotatable bonds is 7. The van der Waals surface area contributed by atoms with Crippen molar-refractivity contribution in [2.75, 3.05) is 53.6 Å². The van der Waals surface area contributed by atoms with Crippen LogP contribution >= 0.6 is 0 Å². The number of methoxy groups -OCH3 is 2. The highest BCUT2D eigenvalue weighted by atomic mass is 16.5. The largest absolute Gasteiger partial charge is 0.497 e. The number of morpholine rings is 1. The quantitative estimate of drug-likeness (QED) is 0.765. The average Bonchev–Trinajstić information content (AvgIpc) is 2.58. The van der Waals surface area contributed by atoms with Crippen LogP contribution in [0.25, 0.3) is 0 Å². The topological polar surface area (TPSA) is 34.2 Å². The molecule has 0 unspecified atom stereocenters. The van der Waals surface area contributed by atoms with Crippen molar-refractivity contribution < 1.29 is 14.2 Å². The lowest BCUT2D eigenvalue weighted by Gasteiger charge is -2.38. The minimum atomic E-state index is 0.0945. The summed E-state index contributed by atoms with van der Waals surface area (Å²) in [6, 6.07) is 6.06. The van der Waals surface area contributed by atoms with Gasteiger partial charge in [-0.25, -0.2) is 0 Å². The van der Waals surface area contributed by atoms with Gasteiger partial charge in [-0.2, -0.15) is 0 Å². The first-order valence-corrected chi connectivity index (χ1v) is 8.70. The SMILES string of the molecule is COc1ccc(CN(CCN2CCOCC2)C(C)(C)C)c(OC)c1. The van der Waals surface area contributed by atoms with E-state index < -0.39 is 0 Å². The molecule has 1 heterocycles. The molecule has 0 N–H and O–H groups in total. The third-order valence-corrected chi connectivity index (χ3v) is 4.59. The van der Waals surface area contributed by atoms with Gasteiger partial charge in [0.1, 0.15) is 11.5 Å². The first kappa shape index (κ1) is 19.0. The van der Waals surface area contributed by atoms with Crippen LogP contribution in [0.2, 0.25) is 0 Å². The van der Waals surface area contributed by atoms with Crippen LogP contribution in [0, 0.1) is 0 Å². The lowest BCUT2D eigenvalue weighted by molar-refractivity contribution is 0.0253. The van der Waals surface area contributed by atoms with Crippen LogP contribution in [0.5, 0.6) is 11.5 Å². The second-order valence-corrected chi connectivity index (χ2v) is 7.22. The van der Waals surface area contributed by atoms with Crippen LogP contribution in [0.1, 0.15) is 26.3 Å². The van der Waals surface area contributed by atoms with Crippen molar-refractivity contribution in [2.24, 2.45) is 0 Å². The summed E-state index contributed by atoms with van der Waals surface area (Å²) in [7, 11) is 3.39. The molecule has 1 aliphatic rings. The van der Waals surface area contributed by atoms with Crippen molar-refractivity contribution in [3.8, 4) is 11.5 Å². The fourth-order valence-electron chi connectivity index (χ4n) is 2.93. The van der Waals surface area contributed by atoms with Gasteiger partial charge in [0.25, 0.3) is 0 Å². The Balaban J connectivity index is 2.05. The van der Waals surface area contributed by atoms with Crippen LogP contribution in [-0.2, 0) is 11.3 Å². The minimum Gasteiger partial charge on any atom is -0.497 e. The molecule has 0 amide bonds. The zero-order valence-corrected chi connectivity index (χ0v) is 15.8. The van der Waals surface area contributed by atoms with Crippen molar-refractivity contribution in [3.63, 3.8) is 0 Å². The molecule has 0 radical (unpaired) electrons. The molecule has 5 heteroatoms. The van der Waals surface area contributed by atoms with Crippen LogP contribution in [0.3, 0.4) is 0 Å². The molecular weight excluding hydrogens is 304 g/mol. The van der Waals surface area contributed by atoms with Crippen LogP contribution in [-0.4, -0.2) is 69.0 Å². The van der Waals surface area contributed by atoms with Gasteiger partial charge in [0.15, 0.2) is 0 Å². The molecule has 136 valence electrons. The molecule has 1 aliphatic heterocycles. The molecule has 1 fully saturated rings. The van der Waals surface area contributed by atoms with Crippen molar-refractivity contribution in [1.29, 1.82) is 0 Å². The van der Waals surface area contributed by atoms with E-state index in [2.05, 4.69) is 36.6 Å². The molecular formula is C19H32N2O3. The smallest absolute Gasteiger partial charge is 0.127 e. The Morgan fingerprint density at radius 1 is 1.12 bits per heavy atom. The van der Waals surface area contributed by atoms with E-state index in [9.17, 15) is 0 Å². The number of benzene rings is 1. The van der Waals surface area contributed by atoms with E-state index in [1.54, 1.807) is 14.2 Å². The molecule has 0 bridgehead atoms. The zero-order valence-electron chi connectivity index (χ0n) is 15.8. The molecule has 1 saturated heterocycles. The predicted octanol–water partition coefficient (Wildman–Crippen LogP) is 2.64. The molecule has 0 spiro atoms. The second-order valence-electron chi connectivity index (χ2n) is 7.22. The highest BCUT2D eigenvalue weighted by Crippen LogP contribution is 2.27. The molecule has 1 aromatic carbocycles. The van der Waals surface area contributed by atoms with Gasteiger partial charge >= 0.3 is 0 Å². The van der Waals surface area contributed by atoms with E-state index in [0.29, 0.717) is 0 Å². The lowest BCUT2D eigenvalue weighted by atomic mass is 10.0. The van der Waals surface area contributed by atoms with Gasteiger partial charge in [0, 0.05) is 49.9 Å². The summed E-state index contributed by atoms with van der Waals surface area (Å²) < 4.78 is 16.3. The monoisotopic (exact) mass is 336 g/mol. The lowest BCUT2D eigenvalue weighted by Crippen LogP contribution is -2.47. The van der Waals surface area contributed by atoms with Gasteiger partial charge in [-0.1, -0.05) is 6.07 Å². The predicted molar refractivity (Wildman–Crippen MR) is 97.0 cm³/mol. The van der Waals surface area contributed by atoms with E-state index in [-0.39, 0.29) is 5.54 Å². The Bertz CT molecular complexity index is 508. The van der Waals surface area contributed by atoms with Crippen molar-refractivity contribution in [1.82, 2.24) is 9.80 Å². The van der Waals surface area contributed by atoms with Gasteiger partial charge < -0.3 is 14.2 Å².